The first-order valence-electron chi connectivity index (χ1n) is 3.71. The van der Waals surface area contributed by atoms with Crippen molar-refractivity contribution >= 4 is 16.8 Å². The number of carbonyl (C=O) groups excluding carboxylic acids is 1. The highest BCUT2D eigenvalue weighted by Crippen LogP contribution is 2.01. The van der Waals surface area contributed by atoms with E-state index in [4.69, 9.17) is 18.0 Å². The smallest absolute Gasteiger partial charge is 0.253 e. The summed E-state index contributed by atoms with van der Waals surface area (Å²) >= 11 is 5.15. The molecule has 0 N–H and O–H groups in total. The Hall–Kier alpha value is -1.00. The molecule has 0 unspecified atom stereocenters. The summed E-state index contributed by atoms with van der Waals surface area (Å²) in [5.74, 6) is 2.22. The molecule has 1 nitrogen and oxygen atoms in total. The van der Waals surface area contributed by atoms with Gasteiger partial charge in [0, 0.05) is 5.57 Å². The van der Waals surface area contributed by atoms with Crippen molar-refractivity contribution in [2.45, 2.75) is 20.8 Å². The lowest BCUT2D eigenvalue weighted by atomic mass is 10.2. The number of terminal acetylenes is 1. The van der Waals surface area contributed by atoms with Crippen LogP contribution >= 0.6 is 11.6 Å². The fraction of sp³-hybridized carbons (Fsp3) is 0.300. The molecule has 2 heteroatoms. The number of halogens is 1. The van der Waals surface area contributed by atoms with Gasteiger partial charge in [-0.15, -0.1) is 6.42 Å². The largest absolute Gasteiger partial charge is 0.276 e. The van der Waals surface area contributed by atoms with E-state index in [9.17, 15) is 4.79 Å². The Kier molecular flexibility index (Phi) is 11.3. The van der Waals surface area contributed by atoms with Gasteiger partial charge in [-0.05, 0) is 24.6 Å². The Morgan fingerprint density at radius 3 is 2.25 bits per heavy atom. The van der Waals surface area contributed by atoms with Crippen LogP contribution in [0.1, 0.15) is 20.8 Å². The first kappa shape index (κ1) is 13.6. The molecule has 0 aromatic heterocycles. The van der Waals surface area contributed by atoms with Crippen molar-refractivity contribution in [2.24, 2.45) is 0 Å². The second kappa shape index (κ2) is 10.0. The average Bonchev–Trinajstić information content (AvgIpc) is 2.08. The second-order valence-electron chi connectivity index (χ2n) is 1.54. The molecule has 0 amide bonds. The molecule has 0 aliphatic rings. The van der Waals surface area contributed by atoms with E-state index in [1.807, 2.05) is 13.8 Å². The minimum absolute atomic E-state index is 0.340. The molecule has 0 aliphatic carbocycles. The zero-order chi connectivity index (χ0) is 9.98. The van der Waals surface area contributed by atoms with Gasteiger partial charge in [0.2, 0.25) is 0 Å². The molecule has 66 valence electrons. The summed E-state index contributed by atoms with van der Waals surface area (Å²) < 4.78 is 0. The van der Waals surface area contributed by atoms with Crippen LogP contribution in [0.3, 0.4) is 0 Å². The predicted octanol–water partition coefficient (Wildman–Crippen LogP) is 2.91. The fourth-order valence-electron chi connectivity index (χ4n) is 0.440. The number of hydrogen-bond acceptors (Lipinski definition) is 1. The lowest BCUT2D eigenvalue weighted by molar-refractivity contribution is -0.108. The summed E-state index contributed by atoms with van der Waals surface area (Å²) in [4.78, 5) is 10.5. The molecule has 0 fully saturated rings. The van der Waals surface area contributed by atoms with Gasteiger partial charge in [-0.25, -0.2) is 0 Å². The van der Waals surface area contributed by atoms with Crippen LogP contribution in [0.5, 0.6) is 0 Å². The molecular weight excluding hydrogens is 172 g/mol. The van der Waals surface area contributed by atoms with E-state index in [1.54, 1.807) is 19.1 Å². The Bertz CT molecular complexity index is 218. The molecule has 0 heterocycles. The minimum atomic E-state index is -0.531. The van der Waals surface area contributed by atoms with Gasteiger partial charge in [-0.2, -0.15) is 0 Å². The van der Waals surface area contributed by atoms with Gasteiger partial charge >= 0.3 is 0 Å². The van der Waals surface area contributed by atoms with Crippen molar-refractivity contribution < 1.29 is 4.79 Å². The molecule has 0 aromatic carbocycles. The van der Waals surface area contributed by atoms with Crippen LogP contribution in [0.15, 0.2) is 23.8 Å². The van der Waals surface area contributed by atoms with Crippen molar-refractivity contribution in [3.8, 4) is 12.3 Å². The topological polar surface area (TPSA) is 17.1 Å². The molecule has 0 bridgehead atoms. The third-order valence-electron chi connectivity index (χ3n) is 0.812. The molecule has 0 atom stereocenters. The van der Waals surface area contributed by atoms with Gasteiger partial charge in [0.25, 0.3) is 5.24 Å². The number of hydrogen-bond donors (Lipinski definition) is 0. The Labute approximate surface area is 79.1 Å². The maximum atomic E-state index is 10.5. The van der Waals surface area contributed by atoms with Crippen LogP contribution < -0.4 is 0 Å². The second-order valence-corrected chi connectivity index (χ2v) is 1.88. The molecule has 0 aliphatic heterocycles. The van der Waals surface area contributed by atoms with E-state index < -0.39 is 5.24 Å². The van der Waals surface area contributed by atoms with E-state index in [-0.39, 0.29) is 0 Å². The van der Waals surface area contributed by atoms with Crippen LogP contribution in [0, 0.1) is 12.3 Å². The summed E-state index contributed by atoms with van der Waals surface area (Å²) in [5, 5.41) is -0.531. The monoisotopic (exact) mass is 184 g/mol. The summed E-state index contributed by atoms with van der Waals surface area (Å²) in [6.07, 6.45) is 9.52. The lowest BCUT2D eigenvalue weighted by Crippen LogP contribution is -1.87. The Morgan fingerprint density at radius 1 is 1.50 bits per heavy atom. The highest BCUT2D eigenvalue weighted by Gasteiger charge is 1.98. The molecular formula is C10H13ClO. The fourth-order valence-corrected chi connectivity index (χ4v) is 0.557. The standard InChI is InChI=1S/C8H7ClO.C2H6/c1-3-5-7(6-4-2)8(9)10;1-2/h1,4-6H,2H3;1-2H3/b6-4-,7-5+;. The van der Waals surface area contributed by atoms with Gasteiger partial charge < -0.3 is 0 Å². The number of allylic oxidation sites excluding steroid dienone is 4. The van der Waals surface area contributed by atoms with Crippen LogP contribution in [-0.2, 0) is 4.79 Å². The third-order valence-corrected chi connectivity index (χ3v) is 1.03. The van der Waals surface area contributed by atoms with Gasteiger partial charge in [0.1, 0.15) is 0 Å². The molecule has 0 saturated heterocycles. The SMILES string of the molecule is C#C/C=C(\C=C/C)C(=O)Cl.CC. The minimum Gasteiger partial charge on any atom is -0.276 e. The van der Waals surface area contributed by atoms with Crippen molar-refractivity contribution in [2.75, 3.05) is 0 Å². The summed E-state index contributed by atoms with van der Waals surface area (Å²) in [6, 6.07) is 0. The summed E-state index contributed by atoms with van der Waals surface area (Å²) in [5.41, 5.74) is 0.340. The number of rotatable bonds is 2. The zero-order valence-corrected chi connectivity index (χ0v) is 8.35. The van der Waals surface area contributed by atoms with E-state index in [2.05, 4.69) is 5.92 Å². The summed E-state index contributed by atoms with van der Waals surface area (Å²) in [7, 11) is 0. The van der Waals surface area contributed by atoms with Crippen LogP contribution in [0.2, 0.25) is 0 Å². The summed E-state index contributed by atoms with van der Waals surface area (Å²) in [6.45, 7) is 5.78. The molecule has 0 saturated carbocycles. The Balaban J connectivity index is 0. The van der Waals surface area contributed by atoms with Crippen molar-refractivity contribution in [3.05, 3.63) is 23.8 Å². The first-order chi connectivity index (χ1) is 5.72. The lowest BCUT2D eigenvalue weighted by Gasteiger charge is -1.87. The predicted molar refractivity (Wildman–Crippen MR) is 53.9 cm³/mol. The van der Waals surface area contributed by atoms with E-state index in [1.165, 1.54) is 6.08 Å². The zero-order valence-electron chi connectivity index (χ0n) is 7.60. The quantitative estimate of drug-likeness (QED) is 0.279. The maximum absolute atomic E-state index is 10.5. The maximum Gasteiger partial charge on any atom is 0.253 e. The van der Waals surface area contributed by atoms with E-state index in [0.29, 0.717) is 5.57 Å². The van der Waals surface area contributed by atoms with Gasteiger partial charge in [-0.1, -0.05) is 31.9 Å². The molecule has 0 aromatic rings. The molecule has 0 spiro atoms. The van der Waals surface area contributed by atoms with Gasteiger partial charge in [0.05, 0.1) is 0 Å². The molecule has 0 rings (SSSR count). The van der Waals surface area contributed by atoms with Crippen molar-refractivity contribution in [3.63, 3.8) is 0 Å². The highest BCUT2D eigenvalue weighted by molar-refractivity contribution is 6.68. The van der Waals surface area contributed by atoms with Crippen molar-refractivity contribution in [1.29, 1.82) is 0 Å². The normalized spacial score (nSPS) is 10.1. The van der Waals surface area contributed by atoms with Crippen LogP contribution in [-0.4, -0.2) is 5.24 Å². The van der Waals surface area contributed by atoms with Crippen LogP contribution in [0.4, 0.5) is 0 Å². The van der Waals surface area contributed by atoms with Gasteiger partial charge in [-0.3, -0.25) is 4.79 Å². The highest BCUT2D eigenvalue weighted by atomic mass is 35.5. The Morgan fingerprint density at radius 2 is 2.00 bits per heavy atom. The average molecular weight is 185 g/mol. The van der Waals surface area contributed by atoms with Crippen molar-refractivity contribution in [1.82, 2.24) is 0 Å². The van der Waals surface area contributed by atoms with E-state index >= 15 is 0 Å². The van der Waals surface area contributed by atoms with Crippen LogP contribution in [0.25, 0.3) is 0 Å². The number of carbonyl (C=O) groups is 1. The first-order valence-corrected chi connectivity index (χ1v) is 4.09. The van der Waals surface area contributed by atoms with Gasteiger partial charge in [0.15, 0.2) is 0 Å². The third kappa shape index (κ3) is 7.11. The van der Waals surface area contributed by atoms with E-state index in [0.717, 1.165) is 0 Å². The molecule has 12 heavy (non-hydrogen) atoms. The molecule has 0 radical (unpaired) electrons.